The number of hydrogen-bond acceptors (Lipinski definition) is 11. The Labute approximate surface area is 227 Å². The summed E-state index contributed by atoms with van der Waals surface area (Å²) in [6.07, 6.45) is 2.43. The Hall–Kier alpha value is -4.39. The molecule has 0 aliphatic rings. The number of methoxy groups -OCH3 is 4. The van der Waals surface area contributed by atoms with E-state index >= 15 is 0 Å². The fourth-order valence-corrected chi connectivity index (χ4v) is 4.04. The minimum Gasteiger partial charge on any atom is -0.496 e. The fourth-order valence-electron chi connectivity index (χ4n) is 3.21. The second kappa shape index (κ2) is 14.5. The van der Waals surface area contributed by atoms with E-state index in [2.05, 4.69) is 10.0 Å². The maximum absolute atomic E-state index is 12.9. The smallest absolute Gasteiger partial charge is 0.347 e. The summed E-state index contributed by atoms with van der Waals surface area (Å²) in [4.78, 5) is 24.4. The predicted molar refractivity (Wildman–Crippen MR) is 146 cm³/mol. The van der Waals surface area contributed by atoms with Gasteiger partial charge in [0, 0.05) is 18.3 Å². The third kappa shape index (κ3) is 8.57. The third-order valence-electron chi connectivity index (χ3n) is 4.99. The second-order valence-electron chi connectivity index (χ2n) is 7.45. The van der Waals surface area contributed by atoms with Crippen molar-refractivity contribution in [3.63, 3.8) is 0 Å². The van der Waals surface area contributed by atoms with E-state index in [1.165, 1.54) is 52.7 Å². The highest BCUT2D eigenvalue weighted by Gasteiger charge is 2.21. The summed E-state index contributed by atoms with van der Waals surface area (Å²) in [7, 11) is 1.76. The molecule has 0 bridgehead atoms. The van der Waals surface area contributed by atoms with Crippen LogP contribution in [0.15, 0.2) is 47.5 Å². The van der Waals surface area contributed by atoms with Crippen molar-refractivity contribution in [2.45, 2.75) is 13.8 Å². The van der Waals surface area contributed by atoms with Crippen molar-refractivity contribution in [3.8, 4) is 23.0 Å². The van der Waals surface area contributed by atoms with E-state index in [0.717, 1.165) is 11.6 Å². The summed E-state index contributed by atoms with van der Waals surface area (Å²) in [6.45, 7) is 3.31. The maximum atomic E-state index is 12.9. The SMILES string of the molecule is CCOC(=O)C(=CNc1cc(NS(=O)(=O)C=Cc2c(OC)cc(OC)cc2OC)ccc1OC)C(=O)OCC. The standard InChI is InChI=1S/C26H32N2O10S/c1-7-37-25(29)20(26(30)38-8-2)16-27-21-13-17(9-10-22(21)34-4)28-39(31,32)12-11-19-23(35-5)14-18(33-3)15-24(19)36-6/h9-16,27-28H,7-8H2,1-6H3. The number of carbonyl (C=O) groups is 2. The first-order valence-electron chi connectivity index (χ1n) is 11.6. The molecule has 2 rings (SSSR count). The van der Waals surface area contributed by atoms with Gasteiger partial charge in [0.2, 0.25) is 0 Å². The average Bonchev–Trinajstić information content (AvgIpc) is 2.91. The number of sulfonamides is 1. The number of rotatable bonds is 14. The van der Waals surface area contributed by atoms with Gasteiger partial charge in [0.25, 0.3) is 10.0 Å². The van der Waals surface area contributed by atoms with Crippen LogP contribution in [0.4, 0.5) is 11.4 Å². The quantitative estimate of drug-likeness (QED) is 0.150. The summed E-state index contributed by atoms with van der Waals surface area (Å²) < 4.78 is 59.2. The normalized spacial score (nSPS) is 10.8. The van der Waals surface area contributed by atoms with Crippen molar-refractivity contribution in [1.29, 1.82) is 0 Å². The molecular weight excluding hydrogens is 532 g/mol. The molecule has 2 aromatic carbocycles. The zero-order chi connectivity index (χ0) is 29.0. The summed E-state index contributed by atoms with van der Waals surface area (Å²) in [6, 6.07) is 7.59. The van der Waals surface area contributed by atoms with Crippen LogP contribution in [-0.4, -0.2) is 62.0 Å². The molecule has 0 aliphatic heterocycles. The third-order valence-corrected chi connectivity index (χ3v) is 6.00. The molecule has 212 valence electrons. The van der Waals surface area contributed by atoms with Crippen molar-refractivity contribution in [2.24, 2.45) is 0 Å². The van der Waals surface area contributed by atoms with Crippen LogP contribution in [0.2, 0.25) is 0 Å². The van der Waals surface area contributed by atoms with Gasteiger partial charge in [0.1, 0.15) is 23.0 Å². The van der Waals surface area contributed by atoms with Crippen molar-refractivity contribution in [2.75, 3.05) is 51.7 Å². The molecule has 2 N–H and O–H groups in total. The van der Waals surface area contributed by atoms with Crippen LogP contribution in [0.3, 0.4) is 0 Å². The number of anilines is 2. The summed E-state index contributed by atoms with van der Waals surface area (Å²) in [5, 5.41) is 3.74. The molecule has 0 aromatic heterocycles. The lowest BCUT2D eigenvalue weighted by Gasteiger charge is -2.13. The van der Waals surface area contributed by atoms with E-state index in [9.17, 15) is 18.0 Å². The van der Waals surface area contributed by atoms with Gasteiger partial charge in [0.05, 0.1) is 64.0 Å². The molecule has 0 heterocycles. The molecule has 0 amide bonds. The van der Waals surface area contributed by atoms with Crippen molar-refractivity contribution in [3.05, 3.63) is 53.1 Å². The first kappa shape index (κ1) is 30.8. The number of hydrogen-bond donors (Lipinski definition) is 2. The van der Waals surface area contributed by atoms with E-state index in [1.54, 1.807) is 26.0 Å². The number of carbonyl (C=O) groups excluding carboxylic acids is 2. The van der Waals surface area contributed by atoms with E-state index in [4.69, 9.17) is 28.4 Å². The van der Waals surface area contributed by atoms with Gasteiger partial charge < -0.3 is 33.7 Å². The highest BCUT2D eigenvalue weighted by Crippen LogP contribution is 2.35. The fraction of sp³-hybridized carbons (Fsp3) is 0.308. The van der Waals surface area contributed by atoms with Crippen molar-refractivity contribution < 1.29 is 46.4 Å². The van der Waals surface area contributed by atoms with Crippen LogP contribution >= 0.6 is 0 Å². The Morgan fingerprint density at radius 1 is 0.821 bits per heavy atom. The van der Waals surface area contributed by atoms with Crippen LogP contribution < -0.4 is 29.0 Å². The molecule has 2 aromatic rings. The molecule has 0 aliphatic carbocycles. The second-order valence-corrected chi connectivity index (χ2v) is 9.02. The zero-order valence-electron chi connectivity index (χ0n) is 22.5. The van der Waals surface area contributed by atoms with Gasteiger partial charge >= 0.3 is 11.9 Å². The van der Waals surface area contributed by atoms with Gasteiger partial charge in [-0.05, 0) is 38.1 Å². The van der Waals surface area contributed by atoms with Crippen LogP contribution in [0.25, 0.3) is 6.08 Å². The van der Waals surface area contributed by atoms with Crippen molar-refractivity contribution in [1.82, 2.24) is 0 Å². The molecule has 0 fully saturated rings. The number of benzene rings is 2. The lowest BCUT2D eigenvalue weighted by atomic mass is 10.1. The summed E-state index contributed by atoms with van der Waals surface area (Å²) in [5.41, 5.74) is 0.431. The van der Waals surface area contributed by atoms with Gasteiger partial charge in [-0.2, -0.15) is 0 Å². The first-order chi connectivity index (χ1) is 18.6. The van der Waals surface area contributed by atoms with Gasteiger partial charge in [-0.3, -0.25) is 4.72 Å². The zero-order valence-corrected chi connectivity index (χ0v) is 23.3. The van der Waals surface area contributed by atoms with Crippen LogP contribution in [0.1, 0.15) is 19.4 Å². The number of ether oxygens (including phenoxy) is 6. The Morgan fingerprint density at radius 3 is 1.87 bits per heavy atom. The van der Waals surface area contributed by atoms with Crippen LogP contribution in [0, 0.1) is 0 Å². The molecule has 0 saturated heterocycles. The molecule has 0 saturated carbocycles. The minimum absolute atomic E-state index is 0.0535. The molecule has 0 radical (unpaired) electrons. The highest BCUT2D eigenvalue weighted by molar-refractivity contribution is 7.95. The monoisotopic (exact) mass is 564 g/mol. The predicted octanol–water partition coefficient (Wildman–Crippen LogP) is 3.56. The van der Waals surface area contributed by atoms with Gasteiger partial charge in [0.15, 0.2) is 5.57 Å². The van der Waals surface area contributed by atoms with E-state index < -0.39 is 22.0 Å². The van der Waals surface area contributed by atoms with Gasteiger partial charge in [-0.15, -0.1) is 0 Å². The summed E-state index contributed by atoms with van der Waals surface area (Å²) in [5.74, 6) is -0.283. The Bertz CT molecular complexity index is 1290. The lowest BCUT2D eigenvalue weighted by molar-refractivity contribution is -0.146. The lowest BCUT2D eigenvalue weighted by Crippen LogP contribution is -2.19. The Balaban J connectivity index is 2.36. The first-order valence-corrected chi connectivity index (χ1v) is 13.2. The molecule has 39 heavy (non-hydrogen) atoms. The van der Waals surface area contributed by atoms with E-state index in [0.29, 0.717) is 28.6 Å². The van der Waals surface area contributed by atoms with Crippen LogP contribution in [0.5, 0.6) is 23.0 Å². The average molecular weight is 565 g/mol. The highest BCUT2D eigenvalue weighted by atomic mass is 32.2. The van der Waals surface area contributed by atoms with Gasteiger partial charge in [-0.1, -0.05) is 0 Å². The van der Waals surface area contributed by atoms with Gasteiger partial charge in [-0.25, -0.2) is 18.0 Å². The molecular formula is C26H32N2O10S. The summed E-state index contributed by atoms with van der Waals surface area (Å²) >= 11 is 0. The number of nitrogens with one attached hydrogen (secondary N) is 2. The minimum atomic E-state index is -4.01. The Kier molecular flexibility index (Phi) is 11.5. The molecule has 12 nitrogen and oxygen atoms in total. The van der Waals surface area contributed by atoms with Crippen molar-refractivity contribution >= 4 is 39.4 Å². The van der Waals surface area contributed by atoms with E-state index in [-0.39, 0.29) is 30.2 Å². The molecule has 0 unspecified atom stereocenters. The maximum Gasteiger partial charge on any atom is 0.347 e. The van der Waals surface area contributed by atoms with Crippen LogP contribution in [-0.2, 0) is 29.1 Å². The molecule has 0 atom stereocenters. The topological polar surface area (TPSA) is 148 Å². The largest absolute Gasteiger partial charge is 0.496 e. The Morgan fingerprint density at radius 2 is 1.38 bits per heavy atom. The molecule has 0 spiro atoms. The molecule has 13 heteroatoms. The van der Waals surface area contributed by atoms with E-state index in [1.807, 2.05) is 0 Å². The number of esters is 2.